The van der Waals surface area contributed by atoms with E-state index in [0.29, 0.717) is 36.5 Å². The zero-order valence-electron chi connectivity index (χ0n) is 15.0. The molecule has 1 aromatic heterocycles. The quantitative estimate of drug-likeness (QED) is 0.349. The van der Waals surface area contributed by atoms with Crippen LogP contribution in [0.4, 0.5) is 5.69 Å². The van der Waals surface area contributed by atoms with Crippen LogP contribution in [0.15, 0.2) is 63.9 Å². The van der Waals surface area contributed by atoms with Gasteiger partial charge in [0.1, 0.15) is 11.5 Å². The topological polar surface area (TPSA) is 70.8 Å². The Morgan fingerprint density at radius 3 is 2.37 bits per heavy atom. The van der Waals surface area contributed by atoms with Gasteiger partial charge in [-0.1, -0.05) is 47.2 Å². The molecule has 1 aliphatic heterocycles. The molecule has 1 saturated heterocycles. The molecule has 1 fully saturated rings. The Morgan fingerprint density at radius 2 is 1.73 bits per heavy atom. The zero-order valence-corrected chi connectivity index (χ0v) is 18.1. The lowest BCUT2D eigenvalue weighted by molar-refractivity contribution is -0.113. The summed E-state index contributed by atoms with van der Waals surface area (Å²) >= 11 is 18.6. The lowest BCUT2D eigenvalue weighted by Gasteiger charge is -2.14. The van der Waals surface area contributed by atoms with Crippen molar-refractivity contribution >= 4 is 75.1 Å². The van der Waals surface area contributed by atoms with Crippen LogP contribution in [0.25, 0.3) is 17.4 Å². The van der Waals surface area contributed by atoms with Crippen LogP contribution in [0.2, 0.25) is 10.0 Å². The van der Waals surface area contributed by atoms with Crippen LogP contribution in [-0.2, 0) is 4.79 Å². The maximum absolute atomic E-state index is 12.9. The van der Waals surface area contributed by atoms with E-state index in [2.05, 4.69) is 0 Å². The summed E-state index contributed by atoms with van der Waals surface area (Å²) in [6.07, 6.45) is 1.61. The highest BCUT2D eigenvalue weighted by atomic mass is 35.5. The fraction of sp³-hybridized carbons (Fsp3) is 0. The van der Waals surface area contributed by atoms with Crippen molar-refractivity contribution in [1.82, 2.24) is 0 Å². The van der Waals surface area contributed by atoms with Gasteiger partial charge in [0.25, 0.3) is 5.91 Å². The molecule has 0 saturated carbocycles. The number of aromatic carboxylic acids is 1. The third-order valence-electron chi connectivity index (χ3n) is 4.21. The van der Waals surface area contributed by atoms with Gasteiger partial charge in [0, 0.05) is 21.7 Å². The number of carboxylic acids is 1. The molecule has 0 spiro atoms. The Labute approximate surface area is 190 Å². The summed E-state index contributed by atoms with van der Waals surface area (Å²) in [7, 11) is 0. The Hall–Kier alpha value is -2.58. The van der Waals surface area contributed by atoms with Crippen LogP contribution >= 0.6 is 47.2 Å². The standard InChI is InChI=1S/C21H11Cl2NO4S2/c22-13-7-12(8-14(23)9-13)17-6-5-16(28-17)10-18-19(25)24(21(29)30-18)15-3-1-11(2-4-15)20(26)27/h1-10H,(H,26,27). The van der Waals surface area contributed by atoms with Crippen LogP contribution in [0.1, 0.15) is 16.1 Å². The molecule has 9 heteroatoms. The number of carbonyl (C=O) groups excluding carboxylic acids is 1. The molecule has 3 aromatic rings. The molecule has 30 heavy (non-hydrogen) atoms. The van der Waals surface area contributed by atoms with Crippen LogP contribution in [0.3, 0.4) is 0 Å². The zero-order chi connectivity index (χ0) is 21.4. The van der Waals surface area contributed by atoms with Crippen LogP contribution in [-0.4, -0.2) is 21.3 Å². The largest absolute Gasteiger partial charge is 0.478 e. The first kappa shape index (κ1) is 20.7. The number of amides is 1. The second-order valence-electron chi connectivity index (χ2n) is 6.23. The van der Waals surface area contributed by atoms with Gasteiger partial charge in [-0.15, -0.1) is 0 Å². The van der Waals surface area contributed by atoms with Gasteiger partial charge in [-0.2, -0.15) is 0 Å². The fourth-order valence-corrected chi connectivity index (χ4v) is 4.66. The summed E-state index contributed by atoms with van der Waals surface area (Å²) in [4.78, 5) is 25.6. The van der Waals surface area contributed by atoms with Crippen LogP contribution < -0.4 is 4.90 Å². The van der Waals surface area contributed by atoms with Crippen molar-refractivity contribution in [3.63, 3.8) is 0 Å². The second-order valence-corrected chi connectivity index (χ2v) is 8.78. The summed E-state index contributed by atoms with van der Waals surface area (Å²) in [5.41, 5.74) is 1.35. The van der Waals surface area contributed by atoms with Gasteiger partial charge >= 0.3 is 5.97 Å². The van der Waals surface area contributed by atoms with Gasteiger partial charge < -0.3 is 9.52 Å². The molecule has 0 bridgehead atoms. The first-order valence-electron chi connectivity index (χ1n) is 8.49. The predicted molar refractivity (Wildman–Crippen MR) is 123 cm³/mol. The number of furan rings is 1. The molecular weight excluding hydrogens is 465 g/mol. The molecule has 0 atom stereocenters. The molecule has 4 rings (SSSR count). The molecular formula is C21H11Cl2NO4S2. The number of rotatable bonds is 4. The van der Waals surface area contributed by atoms with Crippen molar-refractivity contribution in [2.45, 2.75) is 0 Å². The number of hydrogen-bond donors (Lipinski definition) is 1. The molecule has 150 valence electrons. The minimum absolute atomic E-state index is 0.129. The molecule has 1 aliphatic rings. The lowest BCUT2D eigenvalue weighted by atomic mass is 10.2. The van der Waals surface area contributed by atoms with E-state index in [1.807, 2.05) is 0 Å². The van der Waals surface area contributed by atoms with Gasteiger partial charge in [-0.05, 0) is 54.6 Å². The first-order chi connectivity index (χ1) is 14.3. The minimum Gasteiger partial charge on any atom is -0.478 e. The number of nitrogens with zero attached hydrogens (tertiary/aromatic N) is 1. The van der Waals surface area contributed by atoms with Crippen molar-refractivity contribution in [3.8, 4) is 11.3 Å². The predicted octanol–water partition coefficient (Wildman–Crippen LogP) is 6.36. The maximum Gasteiger partial charge on any atom is 0.335 e. The number of thioether (sulfide) groups is 1. The minimum atomic E-state index is -1.04. The van der Waals surface area contributed by atoms with Gasteiger partial charge in [0.2, 0.25) is 0 Å². The number of halogens is 2. The summed E-state index contributed by atoms with van der Waals surface area (Å²) in [5.74, 6) is -0.313. The van der Waals surface area contributed by atoms with E-state index in [-0.39, 0.29) is 11.5 Å². The fourth-order valence-electron chi connectivity index (χ4n) is 2.85. The molecule has 0 unspecified atom stereocenters. The molecule has 0 radical (unpaired) electrons. The summed E-state index contributed by atoms with van der Waals surface area (Å²) < 4.78 is 6.17. The van der Waals surface area contributed by atoms with Crippen LogP contribution in [0.5, 0.6) is 0 Å². The van der Waals surface area contributed by atoms with E-state index in [1.54, 1.807) is 48.5 Å². The summed E-state index contributed by atoms with van der Waals surface area (Å²) in [5, 5.41) is 10.0. The maximum atomic E-state index is 12.9. The first-order valence-corrected chi connectivity index (χ1v) is 10.5. The second kappa shape index (κ2) is 8.28. The summed E-state index contributed by atoms with van der Waals surface area (Å²) in [6.45, 7) is 0. The number of hydrogen-bond acceptors (Lipinski definition) is 5. The summed E-state index contributed by atoms with van der Waals surface area (Å²) in [6, 6.07) is 14.5. The van der Waals surface area contributed by atoms with Gasteiger partial charge in [-0.3, -0.25) is 9.69 Å². The van der Waals surface area contributed by atoms with Gasteiger partial charge in [0.15, 0.2) is 4.32 Å². The molecule has 5 nitrogen and oxygen atoms in total. The highest BCUT2D eigenvalue weighted by Crippen LogP contribution is 2.37. The van der Waals surface area contributed by atoms with Crippen molar-refractivity contribution < 1.29 is 19.1 Å². The normalized spacial score (nSPS) is 15.3. The third-order valence-corrected chi connectivity index (χ3v) is 5.95. The Kier molecular flexibility index (Phi) is 5.71. The number of thiocarbonyl (C=S) groups is 1. The van der Waals surface area contributed by atoms with E-state index in [9.17, 15) is 9.59 Å². The van der Waals surface area contributed by atoms with Crippen molar-refractivity contribution in [1.29, 1.82) is 0 Å². The molecule has 0 aliphatic carbocycles. The van der Waals surface area contributed by atoms with Gasteiger partial charge in [-0.25, -0.2) is 4.79 Å². The molecule has 1 amide bonds. The lowest BCUT2D eigenvalue weighted by Crippen LogP contribution is -2.27. The Balaban J connectivity index is 1.59. The smallest absolute Gasteiger partial charge is 0.335 e. The van der Waals surface area contributed by atoms with Crippen LogP contribution in [0, 0.1) is 0 Å². The molecule has 1 N–H and O–H groups in total. The Morgan fingerprint density at radius 1 is 1.07 bits per heavy atom. The van der Waals surface area contributed by atoms with Crippen molar-refractivity contribution in [2.24, 2.45) is 0 Å². The van der Waals surface area contributed by atoms with Crippen molar-refractivity contribution in [3.05, 3.63) is 80.9 Å². The molecule has 2 heterocycles. The number of carboxylic acid groups (broad SMARTS) is 1. The third kappa shape index (κ3) is 4.15. The number of carbonyl (C=O) groups is 2. The van der Waals surface area contributed by atoms with Crippen molar-refractivity contribution in [2.75, 3.05) is 4.90 Å². The highest BCUT2D eigenvalue weighted by Gasteiger charge is 2.33. The van der Waals surface area contributed by atoms with Gasteiger partial charge in [0.05, 0.1) is 16.2 Å². The van der Waals surface area contributed by atoms with E-state index in [0.717, 1.165) is 17.3 Å². The van der Waals surface area contributed by atoms with E-state index < -0.39 is 5.97 Å². The monoisotopic (exact) mass is 475 g/mol. The molecule has 2 aromatic carbocycles. The average molecular weight is 476 g/mol. The highest BCUT2D eigenvalue weighted by molar-refractivity contribution is 8.27. The average Bonchev–Trinajstić information content (AvgIpc) is 3.26. The van der Waals surface area contributed by atoms with E-state index in [4.69, 9.17) is 44.9 Å². The Bertz CT molecular complexity index is 1200. The SMILES string of the molecule is O=C(O)c1ccc(N2C(=O)C(=Cc3ccc(-c4cc(Cl)cc(Cl)c4)o3)SC2=S)cc1. The van der Waals surface area contributed by atoms with E-state index >= 15 is 0 Å². The number of benzene rings is 2. The number of anilines is 1. The van der Waals surface area contributed by atoms with E-state index in [1.165, 1.54) is 17.0 Å².